The Hall–Kier alpha value is 1.11. The van der Waals surface area contributed by atoms with E-state index in [1.54, 1.807) is 68.8 Å². The molecule has 0 amide bonds. The largest absolute Gasteiger partial charge is 1.00 e. The standard InChI is InChI=1S/C12H25.3C8H17.ClH.Sb/c1-3-5-7-9-11-12-10-8-6-4-2;3*1-3-5-7-8-6-4-2;;/h1,3-12H2,2H3;3*1,3-8H2,2H3;1H;/q;;;;;+1/p-1. The molecule has 38 heavy (non-hydrogen) atoms. The fourth-order valence-corrected chi connectivity index (χ4v) is 20.3. The van der Waals surface area contributed by atoms with E-state index < -0.39 is 18.8 Å². The zero-order valence-electron chi connectivity index (χ0n) is 27.5. The van der Waals surface area contributed by atoms with Crippen LogP contribution in [0.15, 0.2) is 0 Å². The van der Waals surface area contributed by atoms with Crippen LogP contribution >= 0.6 is 0 Å². The van der Waals surface area contributed by atoms with Crippen LogP contribution in [-0.2, 0) is 0 Å². The molecular formula is C36H76ClSb. The van der Waals surface area contributed by atoms with Gasteiger partial charge in [-0.05, 0) is 0 Å². The van der Waals surface area contributed by atoms with Gasteiger partial charge in [0.25, 0.3) is 0 Å². The Balaban J connectivity index is 0. The van der Waals surface area contributed by atoms with Crippen LogP contribution in [0.5, 0.6) is 0 Å². The van der Waals surface area contributed by atoms with Crippen molar-refractivity contribution in [3.8, 4) is 0 Å². The minimum atomic E-state index is -1.87. The monoisotopic (exact) mass is 664 g/mol. The minimum Gasteiger partial charge on any atom is -1.00 e. The van der Waals surface area contributed by atoms with Crippen LogP contribution in [0.4, 0.5) is 0 Å². The van der Waals surface area contributed by atoms with Crippen LogP contribution in [-0.4, -0.2) is 18.8 Å². The zero-order chi connectivity index (χ0) is 27.1. The van der Waals surface area contributed by atoms with Crippen molar-refractivity contribution in [3.05, 3.63) is 0 Å². The first-order chi connectivity index (χ1) is 18.2. The molecular weight excluding hydrogens is 590 g/mol. The van der Waals surface area contributed by atoms with Gasteiger partial charge < -0.3 is 12.4 Å². The second-order valence-electron chi connectivity index (χ2n) is 12.7. The van der Waals surface area contributed by atoms with Gasteiger partial charge in [0.2, 0.25) is 0 Å². The van der Waals surface area contributed by atoms with E-state index in [-0.39, 0.29) is 12.4 Å². The van der Waals surface area contributed by atoms with Gasteiger partial charge in [-0.1, -0.05) is 0 Å². The normalized spacial score (nSPS) is 11.7. The first-order valence-corrected chi connectivity index (χ1v) is 25.3. The smallest absolute Gasteiger partial charge is 1.00 e. The van der Waals surface area contributed by atoms with Crippen LogP contribution in [0.25, 0.3) is 0 Å². The van der Waals surface area contributed by atoms with Crippen molar-refractivity contribution in [2.24, 2.45) is 0 Å². The second-order valence-corrected chi connectivity index (χ2v) is 25.5. The van der Waals surface area contributed by atoms with E-state index in [0.717, 1.165) is 0 Å². The van der Waals surface area contributed by atoms with Crippen LogP contribution in [0, 0.1) is 0 Å². The van der Waals surface area contributed by atoms with Crippen molar-refractivity contribution < 1.29 is 12.4 Å². The molecule has 0 aliphatic rings. The molecule has 0 unspecified atom stereocenters. The molecule has 0 nitrogen and oxygen atoms in total. The minimum absolute atomic E-state index is 0. The van der Waals surface area contributed by atoms with Gasteiger partial charge in [0, 0.05) is 0 Å². The van der Waals surface area contributed by atoms with Gasteiger partial charge in [0.1, 0.15) is 0 Å². The van der Waals surface area contributed by atoms with E-state index in [1.165, 1.54) is 128 Å². The van der Waals surface area contributed by atoms with Gasteiger partial charge in [-0.15, -0.1) is 0 Å². The Bertz CT molecular complexity index is 369. The first kappa shape index (κ1) is 41.2. The summed E-state index contributed by atoms with van der Waals surface area (Å²) in [5, 5.41) is 0. The molecule has 0 saturated heterocycles. The van der Waals surface area contributed by atoms with Crippen molar-refractivity contribution in [1.82, 2.24) is 0 Å². The third-order valence-corrected chi connectivity index (χ3v) is 23.4. The maximum atomic E-state index is 2.36. The summed E-state index contributed by atoms with van der Waals surface area (Å²) in [6.07, 6.45) is 42.0. The van der Waals surface area contributed by atoms with E-state index >= 15 is 0 Å². The van der Waals surface area contributed by atoms with E-state index in [1.807, 2.05) is 0 Å². The number of hydrogen-bond donors (Lipinski definition) is 0. The molecule has 0 aliphatic carbocycles. The third kappa shape index (κ3) is 28.6. The average molecular weight is 666 g/mol. The van der Waals surface area contributed by atoms with Crippen LogP contribution < -0.4 is 12.4 Å². The molecule has 0 aromatic carbocycles. The summed E-state index contributed by atoms with van der Waals surface area (Å²) < 4.78 is 6.97. The second kappa shape index (κ2) is 34.3. The number of rotatable bonds is 32. The van der Waals surface area contributed by atoms with Crippen LogP contribution in [0.2, 0.25) is 17.5 Å². The van der Waals surface area contributed by atoms with E-state index in [0.29, 0.717) is 0 Å². The first-order valence-electron chi connectivity index (χ1n) is 18.1. The molecule has 0 aliphatic heterocycles. The maximum Gasteiger partial charge on any atom is -1.00 e. The summed E-state index contributed by atoms with van der Waals surface area (Å²) in [5.41, 5.74) is 0. The summed E-state index contributed by atoms with van der Waals surface area (Å²) in [5.74, 6) is 0. The van der Waals surface area contributed by atoms with Crippen molar-refractivity contribution in [3.63, 3.8) is 0 Å². The van der Waals surface area contributed by atoms with Gasteiger partial charge in [-0.3, -0.25) is 0 Å². The zero-order valence-corrected chi connectivity index (χ0v) is 30.8. The number of halogens is 1. The Labute approximate surface area is 254 Å². The molecule has 0 bridgehead atoms. The SMILES string of the molecule is CCCCCCCCCCC[CH2][Sb+]([CH2]CCCCCCC)([CH2]CCCCCCC)[CH2]CCCCCCC.[Cl-]. The topological polar surface area (TPSA) is 0 Å². The van der Waals surface area contributed by atoms with Crippen molar-refractivity contribution in [2.75, 3.05) is 0 Å². The molecule has 0 heterocycles. The molecule has 0 N–H and O–H groups in total. The molecule has 0 atom stereocenters. The molecule has 0 saturated carbocycles. The molecule has 0 spiro atoms. The molecule has 232 valence electrons. The molecule has 0 aromatic heterocycles. The van der Waals surface area contributed by atoms with Crippen molar-refractivity contribution in [1.29, 1.82) is 0 Å². The molecule has 2 heteroatoms. The predicted octanol–water partition coefficient (Wildman–Crippen LogP) is 11.4. The van der Waals surface area contributed by atoms with Gasteiger partial charge >= 0.3 is 244 Å². The van der Waals surface area contributed by atoms with Gasteiger partial charge in [-0.25, -0.2) is 0 Å². The fraction of sp³-hybridized carbons (Fsp3) is 1.00. The third-order valence-electron chi connectivity index (χ3n) is 8.94. The van der Waals surface area contributed by atoms with Gasteiger partial charge in [0.15, 0.2) is 0 Å². The summed E-state index contributed by atoms with van der Waals surface area (Å²) in [4.78, 5) is 0. The predicted molar refractivity (Wildman–Crippen MR) is 177 cm³/mol. The number of unbranched alkanes of at least 4 members (excludes halogenated alkanes) is 24. The molecule has 0 aromatic rings. The Morgan fingerprint density at radius 1 is 0.237 bits per heavy atom. The van der Waals surface area contributed by atoms with Gasteiger partial charge in [0.05, 0.1) is 0 Å². The van der Waals surface area contributed by atoms with E-state index in [2.05, 4.69) is 27.7 Å². The maximum absolute atomic E-state index is 2.36. The Kier molecular flexibility index (Phi) is 37.2. The average Bonchev–Trinajstić information content (AvgIpc) is 2.91. The van der Waals surface area contributed by atoms with Crippen molar-refractivity contribution in [2.45, 2.75) is 225 Å². The summed E-state index contributed by atoms with van der Waals surface area (Å²) in [6.45, 7) is 9.40. The van der Waals surface area contributed by atoms with Crippen molar-refractivity contribution >= 4 is 18.8 Å². The quantitative estimate of drug-likeness (QED) is 0.0495. The molecule has 0 radical (unpaired) electrons. The van der Waals surface area contributed by atoms with E-state index in [9.17, 15) is 0 Å². The summed E-state index contributed by atoms with van der Waals surface area (Å²) in [6, 6.07) is 0. The summed E-state index contributed by atoms with van der Waals surface area (Å²) >= 11 is -1.87. The van der Waals surface area contributed by atoms with E-state index in [4.69, 9.17) is 0 Å². The van der Waals surface area contributed by atoms with Crippen LogP contribution in [0.3, 0.4) is 0 Å². The summed E-state index contributed by atoms with van der Waals surface area (Å²) in [7, 11) is 0. The number of hydrogen-bond acceptors (Lipinski definition) is 0. The fourth-order valence-electron chi connectivity index (χ4n) is 6.29. The Morgan fingerprint density at radius 2 is 0.395 bits per heavy atom. The van der Waals surface area contributed by atoms with Gasteiger partial charge in [-0.2, -0.15) is 0 Å². The molecule has 0 fully saturated rings. The molecule has 0 rings (SSSR count). The van der Waals surface area contributed by atoms with Crippen LogP contribution in [0.1, 0.15) is 207 Å². The Morgan fingerprint density at radius 3 is 0.579 bits per heavy atom.